The third kappa shape index (κ3) is 1.62. The molecular formula is C16H18OS. The molecule has 2 unspecified atom stereocenters. The average Bonchev–Trinajstić information content (AvgIpc) is 2.86. The van der Waals surface area contributed by atoms with Crippen LogP contribution in [0.3, 0.4) is 0 Å². The minimum Gasteiger partial charge on any atom is -0.299 e. The summed E-state index contributed by atoms with van der Waals surface area (Å²) in [7, 11) is 0. The van der Waals surface area contributed by atoms with Crippen molar-refractivity contribution >= 4 is 23.2 Å². The van der Waals surface area contributed by atoms with Gasteiger partial charge in [0.25, 0.3) is 0 Å². The standard InChI is InChI=1S/C16H18OS/c17-15-12-6-11-7-13(15)10-16(8-11,9-12)4-3-14-2-1-5-18-14/h1-5,11-13H,6-10H2/b4-3+/t11?,12-,13+,16?. The second kappa shape index (κ2) is 3.80. The van der Waals surface area contributed by atoms with Gasteiger partial charge in [-0.3, -0.25) is 4.79 Å². The van der Waals surface area contributed by atoms with Crippen LogP contribution in [0.1, 0.15) is 37.0 Å². The fourth-order valence-corrected chi connectivity index (χ4v) is 5.27. The Bertz CT molecular complexity index is 481. The van der Waals surface area contributed by atoms with Gasteiger partial charge in [0.05, 0.1) is 0 Å². The molecule has 94 valence electrons. The van der Waals surface area contributed by atoms with E-state index in [-0.39, 0.29) is 0 Å². The molecule has 0 spiro atoms. The summed E-state index contributed by atoms with van der Waals surface area (Å²) in [5, 5.41) is 2.13. The summed E-state index contributed by atoms with van der Waals surface area (Å²) in [5.74, 6) is 2.20. The van der Waals surface area contributed by atoms with Crippen molar-refractivity contribution in [3.05, 3.63) is 28.5 Å². The maximum atomic E-state index is 12.1. The van der Waals surface area contributed by atoms with Crippen LogP contribution in [-0.4, -0.2) is 5.78 Å². The molecule has 5 rings (SSSR count). The average molecular weight is 258 g/mol. The van der Waals surface area contributed by atoms with Gasteiger partial charge in [-0.25, -0.2) is 0 Å². The summed E-state index contributed by atoms with van der Waals surface area (Å²) in [6.07, 6.45) is 10.7. The van der Waals surface area contributed by atoms with Crippen molar-refractivity contribution in [1.82, 2.24) is 0 Å². The number of rotatable bonds is 2. The lowest BCUT2D eigenvalue weighted by Gasteiger charge is -2.54. The summed E-state index contributed by atoms with van der Waals surface area (Å²) >= 11 is 1.80. The van der Waals surface area contributed by atoms with E-state index >= 15 is 0 Å². The first-order chi connectivity index (χ1) is 8.74. The number of hydrogen-bond acceptors (Lipinski definition) is 2. The van der Waals surface area contributed by atoms with Crippen molar-refractivity contribution in [2.45, 2.75) is 32.1 Å². The van der Waals surface area contributed by atoms with E-state index in [1.807, 2.05) is 0 Å². The lowest BCUT2D eigenvalue weighted by molar-refractivity contribution is -0.143. The second-order valence-electron chi connectivity index (χ2n) is 6.46. The van der Waals surface area contributed by atoms with E-state index < -0.39 is 0 Å². The van der Waals surface area contributed by atoms with Gasteiger partial charge in [0.15, 0.2) is 0 Å². The molecule has 0 aliphatic heterocycles. The van der Waals surface area contributed by atoms with Gasteiger partial charge in [-0.15, -0.1) is 11.3 Å². The fraction of sp³-hybridized carbons (Fsp3) is 0.562. The molecule has 1 aromatic rings. The van der Waals surface area contributed by atoms with Crippen LogP contribution in [0.4, 0.5) is 0 Å². The molecule has 4 aliphatic carbocycles. The molecule has 0 aromatic carbocycles. The number of hydrogen-bond donors (Lipinski definition) is 0. The van der Waals surface area contributed by atoms with Crippen molar-refractivity contribution < 1.29 is 4.79 Å². The SMILES string of the molecule is O=C1[C@@H]2CC3C[C@H]1CC(/C=C/c1cccs1)(C3)C2. The Morgan fingerprint density at radius 3 is 2.67 bits per heavy atom. The molecule has 1 nitrogen and oxygen atoms in total. The molecule has 1 heterocycles. The van der Waals surface area contributed by atoms with Crippen LogP contribution in [0, 0.1) is 23.2 Å². The van der Waals surface area contributed by atoms with Crippen molar-refractivity contribution in [3.63, 3.8) is 0 Å². The Labute approximate surface area is 112 Å². The summed E-state index contributed by atoms with van der Waals surface area (Å²) in [5.41, 5.74) is 0.356. The first kappa shape index (κ1) is 11.0. The molecular weight excluding hydrogens is 240 g/mol. The Morgan fingerprint density at radius 1 is 1.22 bits per heavy atom. The lowest BCUT2D eigenvalue weighted by atomic mass is 9.49. The van der Waals surface area contributed by atoms with Gasteiger partial charge in [-0.2, -0.15) is 0 Å². The summed E-state index contributed by atoms with van der Waals surface area (Å²) < 4.78 is 0. The number of ketones is 1. The highest BCUT2D eigenvalue weighted by molar-refractivity contribution is 7.10. The Kier molecular flexibility index (Phi) is 2.32. The van der Waals surface area contributed by atoms with E-state index in [0.717, 1.165) is 18.8 Å². The molecule has 18 heavy (non-hydrogen) atoms. The van der Waals surface area contributed by atoms with Gasteiger partial charge >= 0.3 is 0 Å². The third-order valence-corrected chi connectivity index (χ3v) is 6.02. The predicted molar refractivity (Wildman–Crippen MR) is 74.3 cm³/mol. The van der Waals surface area contributed by atoms with Crippen LogP contribution in [0.25, 0.3) is 6.08 Å². The number of carbonyl (C=O) groups excluding carboxylic acids is 1. The lowest BCUT2D eigenvalue weighted by Crippen LogP contribution is -2.50. The zero-order valence-corrected chi connectivity index (χ0v) is 11.3. The first-order valence-electron chi connectivity index (χ1n) is 7.01. The van der Waals surface area contributed by atoms with E-state index in [1.54, 1.807) is 11.3 Å². The molecule has 0 amide bonds. The van der Waals surface area contributed by atoms with Gasteiger partial charge in [0, 0.05) is 16.7 Å². The van der Waals surface area contributed by atoms with Crippen LogP contribution < -0.4 is 0 Å². The summed E-state index contributed by atoms with van der Waals surface area (Å²) in [4.78, 5) is 13.5. The predicted octanol–water partition coefficient (Wildman–Crippen LogP) is 4.16. The van der Waals surface area contributed by atoms with Crippen LogP contribution in [0.15, 0.2) is 23.6 Å². The van der Waals surface area contributed by atoms with E-state index in [2.05, 4.69) is 29.7 Å². The molecule has 4 atom stereocenters. The zero-order valence-electron chi connectivity index (χ0n) is 10.5. The van der Waals surface area contributed by atoms with Crippen molar-refractivity contribution in [2.75, 3.05) is 0 Å². The Balaban J connectivity index is 1.63. The van der Waals surface area contributed by atoms with Crippen LogP contribution in [0.5, 0.6) is 0 Å². The Hall–Kier alpha value is -0.890. The van der Waals surface area contributed by atoms with Crippen molar-refractivity contribution in [2.24, 2.45) is 23.2 Å². The molecule has 0 radical (unpaired) electrons. The zero-order chi connectivity index (χ0) is 12.2. The van der Waals surface area contributed by atoms with Gasteiger partial charge in [-0.1, -0.05) is 12.1 Å². The molecule has 2 heteroatoms. The highest BCUT2D eigenvalue weighted by atomic mass is 32.1. The second-order valence-corrected chi connectivity index (χ2v) is 7.44. The summed E-state index contributed by atoms with van der Waals surface area (Å²) in [6.45, 7) is 0. The Morgan fingerprint density at radius 2 is 2.00 bits per heavy atom. The minimum absolute atomic E-state index is 0.356. The van der Waals surface area contributed by atoms with Crippen molar-refractivity contribution in [1.29, 1.82) is 0 Å². The molecule has 0 saturated heterocycles. The normalized spacial score (nSPS) is 42.0. The number of carbonyl (C=O) groups is 1. The maximum absolute atomic E-state index is 12.1. The number of thiophene rings is 1. The van der Waals surface area contributed by atoms with Crippen molar-refractivity contribution in [3.8, 4) is 0 Å². The molecule has 4 saturated carbocycles. The molecule has 0 N–H and O–H groups in total. The summed E-state index contributed by atoms with van der Waals surface area (Å²) in [6, 6.07) is 4.28. The smallest absolute Gasteiger partial charge is 0.139 e. The maximum Gasteiger partial charge on any atom is 0.139 e. The van der Waals surface area contributed by atoms with E-state index in [9.17, 15) is 4.79 Å². The molecule has 1 aromatic heterocycles. The number of allylic oxidation sites excluding steroid dienone is 1. The van der Waals surface area contributed by atoms with Gasteiger partial charge < -0.3 is 0 Å². The monoisotopic (exact) mass is 258 g/mol. The topological polar surface area (TPSA) is 17.1 Å². The van der Waals surface area contributed by atoms with Crippen LogP contribution >= 0.6 is 11.3 Å². The third-order valence-electron chi connectivity index (χ3n) is 5.19. The minimum atomic E-state index is 0.356. The van der Waals surface area contributed by atoms with Gasteiger partial charge in [0.1, 0.15) is 5.78 Å². The first-order valence-corrected chi connectivity index (χ1v) is 7.89. The highest BCUT2D eigenvalue weighted by Gasteiger charge is 2.53. The fourth-order valence-electron chi connectivity index (χ4n) is 4.66. The molecule has 4 bridgehead atoms. The van der Waals surface area contributed by atoms with Crippen LogP contribution in [0.2, 0.25) is 0 Å². The van der Waals surface area contributed by atoms with E-state index in [4.69, 9.17) is 0 Å². The largest absolute Gasteiger partial charge is 0.299 e. The van der Waals surface area contributed by atoms with Gasteiger partial charge in [0.2, 0.25) is 0 Å². The van der Waals surface area contributed by atoms with Crippen LogP contribution in [-0.2, 0) is 4.79 Å². The van der Waals surface area contributed by atoms with Gasteiger partial charge in [-0.05, 0) is 61.0 Å². The highest BCUT2D eigenvalue weighted by Crippen LogP contribution is 2.59. The van der Waals surface area contributed by atoms with E-state index in [0.29, 0.717) is 23.0 Å². The molecule has 4 aliphatic rings. The molecule has 4 fully saturated rings. The van der Waals surface area contributed by atoms with E-state index in [1.165, 1.54) is 24.1 Å². The number of Topliss-reactive ketones (excluding diaryl/α,β-unsaturated/α-hetero) is 1. The quantitative estimate of drug-likeness (QED) is 0.778.